The smallest absolute Gasteiger partial charge is 0.255 e. The maximum absolute atomic E-state index is 13.1. The fourth-order valence-corrected chi connectivity index (χ4v) is 4.39. The summed E-state index contributed by atoms with van der Waals surface area (Å²) >= 11 is 3.56. The molecule has 0 bridgehead atoms. The van der Waals surface area contributed by atoms with Crippen LogP contribution in [0.2, 0.25) is 0 Å². The van der Waals surface area contributed by atoms with Crippen molar-refractivity contribution in [3.8, 4) is 11.8 Å². The fraction of sp³-hybridized carbons (Fsp3) is 0.231. The lowest BCUT2D eigenvalue weighted by Gasteiger charge is -2.10. The number of unbranched alkanes of at least 4 members (excludes halogenated alkanes) is 1. The standard InChI is InChI=1S/C26H23BrN2O3/c1-2-3-7-22-24(20-6-4-5-8-21(20)32-22)26(30)29-16-17-9-11-19-18(15-17)10-12-23(25(19)27)31-14-13-28/h4-6,8-12,15H,2-3,7,14,16H2,1H3,(H,29,30). The molecule has 1 amide bonds. The molecule has 4 rings (SSSR count). The number of rotatable bonds is 8. The molecule has 162 valence electrons. The molecule has 0 spiro atoms. The molecule has 0 saturated carbocycles. The topological polar surface area (TPSA) is 75.3 Å². The number of nitriles is 1. The van der Waals surface area contributed by atoms with Crippen molar-refractivity contribution in [2.75, 3.05) is 6.61 Å². The lowest BCUT2D eigenvalue weighted by atomic mass is 10.1. The molecule has 0 aliphatic heterocycles. The molecule has 0 saturated heterocycles. The van der Waals surface area contributed by atoms with Crippen molar-refractivity contribution in [2.24, 2.45) is 0 Å². The maximum Gasteiger partial charge on any atom is 0.255 e. The van der Waals surface area contributed by atoms with Crippen LogP contribution >= 0.6 is 15.9 Å². The molecule has 0 aliphatic carbocycles. The van der Waals surface area contributed by atoms with E-state index in [-0.39, 0.29) is 12.5 Å². The largest absolute Gasteiger partial charge is 0.478 e. The lowest BCUT2D eigenvalue weighted by molar-refractivity contribution is 0.0950. The Balaban J connectivity index is 1.55. The number of hydrogen-bond acceptors (Lipinski definition) is 4. The van der Waals surface area contributed by atoms with Crippen LogP contribution in [0, 0.1) is 11.3 Å². The summed E-state index contributed by atoms with van der Waals surface area (Å²) in [7, 11) is 0. The first kappa shape index (κ1) is 21.9. The zero-order valence-electron chi connectivity index (χ0n) is 17.8. The minimum Gasteiger partial charge on any atom is -0.478 e. The quantitative estimate of drug-likeness (QED) is 0.304. The summed E-state index contributed by atoms with van der Waals surface area (Å²) in [6.07, 6.45) is 2.75. The van der Waals surface area contributed by atoms with Gasteiger partial charge in [0.2, 0.25) is 0 Å². The first-order chi connectivity index (χ1) is 15.6. The van der Waals surface area contributed by atoms with Crippen molar-refractivity contribution < 1.29 is 13.9 Å². The van der Waals surface area contributed by atoms with Crippen LogP contribution in [0.1, 0.15) is 41.4 Å². The SMILES string of the molecule is CCCCc1oc2ccccc2c1C(=O)NCc1ccc2c(Br)c(OCC#N)ccc2c1. The van der Waals surface area contributed by atoms with Crippen LogP contribution in [-0.4, -0.2) is 12.5 Å². The first-order valence-corrected chi connectivity index (χ1v) is 11.4. The second-order valence-electron chi connectivity index (χ2n) is 7.56. The number of furan rings is 1. The molecule has 3 aromatic carbocycles. The van der Waals surface area contributed by atoms with Gasteiger partial charge in [-0.15, -0.1) is 0 Å². The van der Waals surface area contributed by atoms with Gasteiger partial charge in [-0.25, -0.2) is 0 Å². The van der Waals surface area contributed by atoms with Crippen LogP contribution in [0.5, 0.6) is 5.75 Å². The summed E-state index contributed by atoms with van der Waals surface area (Å²) in [5.41, 5.74) is 2.37. The molecule has 0 aliphatic rings. The third-order valence-electron chi connectivity index (χ3n) is 5.38. The van der Waals surface area contributed by atoms with Crippen molar-refractivity contribution >= 4 is 43.6 Å². The van der Waals surface area contributed by atoms with E-state index in [1.165, 1.54) is 0 Å². The molecule has 5 nitrogen and oxygen atoms in total. The number of fused-ring (bicyclic) bond motifs is 2. The number of para-hydroxylation sites is 1. The Hall–Kier alpha value is -3.30. The highest BCUT2D eigenvalue weighted by Crippen LogP contribution is 2.34. The molecule has 0 fully saturated rings. The normalized spacial score (nSPS) is 10.9. The Morgan fingerprint density at radius 2 is 2.00 bits per heavy atom. The van der Waals surface area contributed by atoms with Gasteiger partial charge in [0.1, 0.15) is 23.2 Å². The van der Waals surface area contributed by atoms with E-state index in [1.54, 1.807) is 0 Å². The maximum atomic E-state index is 13.1. The second kappa shape index (κ2) is 9.88. The van der Waals surface area contributed by atoms with E-state index in [0.29, 0.717) is 17.9 Å². The molecule has 0 atom stereocenters. The number of benzene rings is 3. The number of ether oxygens (including phenoxy) is 1. The highest BCUT2D eigenvalue weighted by atomic mass is 79.9. The number of nitrogens with one attached hydrogen (secondary N) is 1. The molecule has 1 aromatic heterocycles. The van der Waals surface area contributed by atoms with E-state index >= 15 is 0 Å². The third kappa shape index (κ3) is 4.49. The summed E-state index contributed by atoms with van der Waals surface area (Å²) in [6, 6.07) is 19.4. The van der Waals surface area contributed by atoms with Crippen molar-refractivity contribution in [3.05, 3.63) is 76.0 Å². The predicted molar refractivity (Wildman–Crippen MR) is 129 cm³/mol. The molecule has 1 heterocycles. The van der Waals surface area contributed by atoms with E-state index in [9.17, 15) is 4.79 Å². The van der Waals surface area contributed by atoms with Crippen LogP contribution in [-0.2, 0) is 13.0 Å². The third-order valence-corrected chi connectivity index (χ3v) is 6.20. The number of aryl methyl sites for hydroxylation is 1. The minimum absolute atomic E-state index is 0.00282. The number of carbonyl (C=O) groups excluding carboxylic acids is 1. The zero-order valence-corrected chi connectivity index (χ0v) is 19.4. The van der Waals surface area contributed by atoms with Gasteiger partial charge in [-0.05, 0) is 56.9 Å². The molecule has 32 heavy (non-hydrogen) atoms. The van der Waals surface area contributed by atoms with Crippen molar-refractivity contribution in [1.82, 2.24) is 5.32 Å². The number of halogens is 1. The van der Waals surface area contributed by atoms with Crippen LogP contribution in [0.4, 0.5) is 0 Å². The van der Waals surface area contributed by atoms with Gasteiger partial charge in [0, 0.05) is 18.4 Å². The Labute approximate surface area is 195 Å². The zero-order chi connectivity index (χ0) is 22.5. The summed E-state index contributed by atoms with van der Waals surface area (Å²) in [6.45, 7) is 2.53. The van der Waals surface area contributed by atoms with Crippen LogP contribution in [0.3, 0.4) is 0 Å². The summed E-state index contributed by atoms with van der Waals surface area (Å²) < 4.78 is 12.2. The second-order valence-corrected chi connectivity index (χ2v) is 8.36. The van der Waals surface area contributed by atoms with Gasteiger partial charge in [-0.3, -0.25) is 4.79 Å². The van der Waals surface area contributed by atoms with E-state index in [2.05, 4.69) is 28.2 Å². The number of hydrogen-bond donors (Lipinski definition) is 1. The highest BCUT2D eigenvalue weighted by molar-refractivity contribution is 9.10. The average molecular weight is 491 g/mol. The van der Waals surface area contributed by atoms with E-state index < -0.39 is 0 Å². The van der Waals surface area contributed by atoms with Crippen LogP contribution < -0.4 is 10.1 Å². The van der Waals surface area contributed by atoms with Gasteiger partial charge in [0.05, 0.1) is 10.0 Å². The van der Waals surface area contributed by atoms with E-state index in [1.807, 2.05) is 60.7 Å². The molecular weight excluding hydrogens is 468 g/mol. The molecule has 0 radical (unpaired) electrons. The Kier molecular flexibility index (Phi) is 6.77. The van der Waals surface area contributed by atoms with Gasteiger partial charge < -0.3 is 14.5 Å². The van der Waals surface area contributed by atoms with E-state index in [4.69, 9.17) is 14.4 Å². The molecule has 4 aromatic rings. The van der Waals surface area contributed by atoms with Gasteiger partial charge in [0.25, 0.3) is 5.91 Å². The lowest BCUT2D eigenvalue weighted by Crippen LogP contribution is -2.23. The van der Waals surface area contributed by atoms with Crippen molar-refractivity contribution in [1.29, 1.82) is 5.26 Å². The summed E-state index contributed by atoms with van der Waals surface area (Å²) in [5, 5.41) is 14.6. The monoisotopic (exact) mass is 490 g/mol. The Bertz CT molecular complexity index is 1320. The predicted octanol–water partition coefficient (Wildman–Crippen LogP) is 6.52. The minimum atomic E-state index is -0.123. The molecule has 1 N–H and O–H groups in total. The fourth-order valence-electron chi connectivity index (χ4n) is 3.78. The molecule has 6 heteroatoms. The first-order valence-electron chi connectivity index (χ1n) is 10.6. The van der Waals surface area contributed by atoms with Crippen molar-refractivity contribution in [2.45, 2.75) is 32.7 Å². The van der Waals surface area contributed by atoms with Gasteiger partial charge >= 0.3 is 0 Å². The number of amides is 1. The number of nitrogens with zero attached hydrogens (tertiary/aromatic N) is 1. The highest BCUT2D eigenvalue weighted by Gasteiger charge is 2.20. The average Bonchev–Trinajstić information content (AvgIpc) is 3.19. The Morgan fingerprint density at radius 3 is 2.81 bits per heavy atom. The van der Waals surface area contributed by atoms with Crippen molar-refractivity contribution in [3.63, 3.8) is 0 Å². The van der Waals surface area contributed by atoms with Crippen LogP contribution in [0.25, 0.3) is 21.7 Å². The molecular formula is C26H23BrN2O3. The van der Waals surface area contributed by atoms with Gasteiger partial charge in [-0.2, -0.15) is 5.26 Å². The van der Waals surface area contributed by atoms with Gasteiger partial charge in [0.15, 0.2) is 6.61 Å². The number of carbonyl (C=O) groups is 1. The van der Waals surface area contributed by atoms with Gasteiger partial charge in [-0.1, -0.05) is 49.7 Å². The molecule has 0 unspecified atom stereocenters. The van der Waals surface area contributed by atoms with Crippen LogP contribution in [0.15, 0.2) is 63.5 Å². The summed E-state index contributed by atoms with van der Waals surface area (Å²) in [5.74, 6) is 1.26. The van der Waals surface area contributed by atoms with E-state index in [0.717, 1.165) is 56.8 Å². The summed E-state index contributed by atoms with van der Waals surface area (Å²) in [4.78, 5) is 13.1. The Morgan fingerprint density at radius 1 is 1.16 bits per heavy atom.